The van der Waals surface area contributed by atoms with Crippen LogP contribution in [0.2, 0.25) is 0 Å². The van der Waals surface area contributed by atoms with Gasteiger partial charge in [0.25, 0.3) is 0 Å². The smallest absolute Gasteiger partial charge is 0.381 e. The lowest BCUT2D eigenvalue weighted by Gasteiger charge is -1.90. The number of carbonyl (C=O) groups is 1. The van der Waals surface area contributed by atoms with Crippen molar-refractivity contribution in [1.29, 1.82) is 0 Å². The monoisotopic (exact) mass is 172 g/mol. The molecule has 0 radical (unpaired) electrons. The maximum absolute atomic E-state index is 9.90. The Morgan fingerprint density at radius 1 is 1.36 bits per heavy atom. The average molecular weight is 172 g/mol. The molecule has 0 bridgehead atoms. The van der Waals surface area contributed by atoms with Crippen molar-refractivity contribution in [2.45, 2.75) is 25.7 Å². The van der Waals surface area contributed by atoms with Gasteiger partial charge >= 0.3 is 5.97 Å². The second kappa shape index (κ2) is 7.49. The zero-order valence-corrected chi connectivity index (χ0v) is 7.23. The highest BCUT2D eigenvalue weighted by molar-refractivity contribution is 7.80. The maximum Gasteiger partial charge on any atom is 0.381 e. The predicted molar refractivity (Wildman–Crippen MR) is 47.7 cm³/mol. The third-order valence-electron chi connectivity index (χ3n) is 1.16. The Balaban J connectivity index is 3.15. The van der Waals surface area contributed by atoms with Gasteiger partial charge in [-0.15, -0.1) is 0 Å². The molecule has 0 fully saturated rings. The first-order valence-corrected chi connectivity index (χ1v) is 4.23. The minimum atomic E-state index is -1.04. The van der Waals surface area contributed by atoms with Gasteiger partial charge in [-0.1, -0.05) is 12.3 Å². The highest BCUT2D eigenvalue weighted by atomic mass is 32.1. The van der Waals surface area contributed by atoms with E-state index >= 15 is 0 Å². The SMILES string of the molecule is O=C(O)C#CCCCCCS. The summed E-state index contributed by atoms with van der Waals surface area (Å²) in [5.74, 6) is 4.49. The van der Waals surface area contributed by atoms with E-state index in [1.54, 1.807) is 0 Å². The van der Waals surface area contributed by atoms with Gasteiger partial charge in [0.2, 0.25) is 0 Å². The summed E-state index contributed by atoms with van der Waals surface area (Å²) in [4.78, 5) is 9.90. The third kappa shape index (κ3) is 9.38. The standard InChI is InChI=1S/C8H12O2S/c9-8(10)6-4-2-1-3-5-7-11/h11H,1-3,5,7H2,(H,9,10). The molecule has 0 heterocycles. The lowest BCUT2D eigenvalue weighted by molar-refractivity contribution is -0.130. The van der Waals surface area contributed by atoms with Gasteiger partial charge in [-0.3, -0.25) is 0 Å². The van der Waals surface area contributed by atoms with Crippen LogP contribution in [-0.2, 0) is 4.79 Å². The van der Waals surface area contributed by atoms with E-state index in [-0.39, 0.29) is 0 Å². The van der Waals surface area contributed by atoms with Gasteiger partial charge in [-0.05, 0) is 18.6 Å². The molecule has 0 aromatic carbocycles. The van der Waals surface area contributed by atoms with Gasteiger partial charge in [0, 0.05) is 12.3 Å². The van der Waals surface area contributed by atoms with E-state index in [1.807, 2.05) is 0 Å². The fourth-order valence-corrected chi connectivity index (χ4v) is 0.864. The summed E-state index contributed by atoms with van der Waals surface area (Å²) < 4.78 is 0. The molecule has 0 atom stereocenters. The van der Waals surface area contributed by atoms with Crippen LogP contribution < -0.4 is 0 Å². The van der Waals surface area contributed by atoms with Gasteiger partial charge in [0.1, 0.15) is 0 Å². The molecule has 3 heteroatoms. The van der Waals surface area contributed by atoms with Crippen LogP contribution in [-0.4, -0.2) is 16.8 Å². The summed E-state index contributed by atoms with van der Waals surface area (Å²) in [6, 6.07) is 0. The quantitative estimate of drug-likeness (QED) is 0.383. The Hall–Kier alpha value is -0.620. The summed E-state index contributed by atoms with van der Waals surface area (Å²) in [6.45, 7) is 0. The van der Waals surface area contributed by atoms with Crippen LogP contribution in [0.5, 0.6) is 0 Å². The number of rotatable bonds is 4. The van der Waals surface area contributed by atoms with Crippen LogP contribution in [0, 0.1) is 11.8 Å². The van der Waals surface area contributed by atoms with Crippen LogP contribution >= 0.6 is 12.6 Å². The molecular formula is C8H12O2S. The Bertz CT molecular complexity index is 167. The van der Waals surface area contributed by atoms with E-state index < -0.39 is 5.97 Å². The van der Waals surface area contributed by atoms with Crippen molar-refractivity contribution < 1.29 is 9.90 Å². The van der Waals surface area contributed by atoms with Gasteiger partial charge in [0.05, 0.1) is 0 Å². The molecule has 0 aliphatic carbocycles. The molecule has 62 valence electrons. The Morgan fingerprint density at radius 2 is 2.09 bits per heavy atom. The zero-order chi connectivity index (χ0) is 8.53. The largest absolute Gasteiger partial charge is 0.472 e. The second-order valence-electron chi connectivity index (χ2n) is 2.14. The second-order valence-corrected chi connectivity index (χ2v) is 2.59. The highest BCUT2D eigenvalue weighted by Crippen LogP contribution is 1.99. The molecule has 0 amide bonds. The van der Waals surface area contributed by atoms with Crippen molar-refractivity contribution in [2.24, 2.45) is 0 Å². The van der Waals surface area contributed by atoms with E-state index in [9.17, 15) is 4.79 Å². The minimum Gasteiger partial charge on any atom is -0.472 e. The van der Waals surface area contributed by atoms with E-state index in [0.29, 0.717) is 6.42 Å². The van der Waals surface area contributed by atoms with Gasteiger partial charge in [-0.25, -0.2) is 4.79 Å². The molecule has 2 nitrogen and oxygen atoms in total. The van der Waals surface area contributed by atoms with E-state index in [0.717, 1.165) is 25.0 Å². The van der Waals surface area contributed by atoms with E-state index in [1.165, 1.54) is 0 Å². The molecule has 11 heavy (non-hydrogen) atoms. The summed E-state index contributed by atoms with van der Waals surface area (Å²) in [5.41, 5.74) is 0. The molecule has 0 spiro atoms. The van der Waals surface area contributed by atoms with Crippen molar-refractivity contribution in [3.8, 4) is 11.8 Å². The van der Waals surface area contributed by atoms with Gasteiger partial charge < -0.3 is 5.11 Å². The molecule has 1 N–H and O–H groups in total. The molecule has 0 saturated heterocycles. The highest BCUT2D eigenvalue weighted by Gasteiger charge is 1.85. The first-order chi connectivity index (χ1) is 5.27. The van der Waals surface area contributed by atoms with Crippen LogP contribution in [0.25, 0.3) is 0 Å². The molecule has 0 aliphatic rings. The lowest BCUT2D eigenvalue weighted by Crippen LogP contribution is -1.86. The number of carboxylic acid groups (broad SMARTS) is 1. The van der Waals surface area contributed by atoms with Crippen LogP contribution in [0.4, 0.5) is 0 Å². The Morgan fingerprint density at radius 3 is 2.64 bits per heavy atom. The Kier molecular flexibility index (Phi) is 7.06. The Labute approximate surface area is 72.4 Å². The average Bonchev–Trinajstić information content (AvgIpc) is 1.96. The zero-order valence-electron chi connectivity index (χ0n) is 6.34. The van der Waals surface area contributed by atoms with Gasteiger partial charge in [0.15, 0.2) is 0 Å². The van der Waals surface area contributed by atoms with Crippen molar-refractivity contribution in [2.75, 3.05) is 5.75 Å². The predicted octanol–water partition coefficient (Wildman–Crippen LogP) is 1.56. The number of thiol groups is 1. The van der Waals surface area contributed by atoms with Crippen molar-refractivity contribution in [1.82, 2.24) is 0 Å². The molecule has 0 aromatic heterocycles. The summed E-state index contributed by atoms with van der Waals surface area (Å²) in [5, 5.41) is 8.13. The fourth-order valence-electron chi connectivity index (χ4n) is 0.640. The van der Waals surface area contributed by atoms with E-state index in [4.69, 9.17) is 5.11 Å². The number of hydrogen-bond donors (Lipinski definition) is 2. The minimum absolute atomic E-state index is 0.681. The molecule has 0 aliphatic heterocycles. The summed E-state index contributed by atoms with van der Waals surface area (Å²) in [6.07, 6.45) is 3.82. The number of unbranched alkanes of at least 4 members (excludes halogenated alkanes) is 3. The van der Waals surface area contributed by atoms with Crippen molar-refractivity contribution in [3.05, 3.63) is 0 Å². The third-order valence-corrected chi connectivity index (χ3v) is 1.47. The fraction of sp³-hybridized carbons (Fsp3) is 0.625. The molecule has 0 rings (SSSR count). The summed E-state index contributed by atoms with van der Waals surface area (Å²) in [7, 11) is 0. The molecule has 0 unspecified atom stereocenters. The normalized spacial score (nSPS) is 8.45. The first kappa shape index (κ1) is 10.4. The topological polar surface area (TPSA) is 37.3 Å². The van der Waals surface area contributed by atoms with Gasteiger partial charge in [-0.2, -0.15) is 12.6 Å². The number of carboxylic acids is 1. The molecule has 0 saturated carbocycles. The van der Waals surface area contributed by atoms with E-state index in [2.05, 4.69) is 24.5 Å². The van der Waals surface area contributed by atoms with Crippen LogP contribution in [0.3, 0.4) is 0 Å². The number of hydrogen-bond acceptors (Lipinski definition) is 2. The lowest BCUT2D eigenvalue weighted by atomic mass is 10.2. The van der Waals surface area contributed by atoms with Crippen molar-refractivity contribution >= 4 is 18.6 Å². The first-order valence-electron chi connectivity index (χ1n) is 3.60. The number of aliphatic carboxylic acids is 1. The van der Waals surface area contributed by atoms with Crippen LogP contribution in [0.15, 0.2) is 0 Å². The molecule has 0 aromatic rings. The van der Waals surface area contributed by atoms with Crippen molar-refractivity contribution in [3.63, 3.8) is 0 Å². The maximum atomic E-state index is 9.90. The van der Waals surface area contributed by atoms with Crippen LogP contribution in [0.1, 0.15) is 25.7 Å². The molecular weight excluding hydrogens is 160 g/mol. The summed E-state index contributed by atoms with van der Waals surface area (Å²) >= 11 is 4.05.